The van der Waals surface area contributed by atoms with Crippen LogP contribution in [-0.4, -0.2) is 53.6 Å². The van der Waals surface area contributed by atoms with Crippen molar-refractivity contribution in [3.63, 3.8) is 0 Å². The van der Waals surface area contributed by atoms with E-state index >= 15 is 0 Å². The zero-order chi connectivity index (χ0) is 30.6. The molecular weight excluding hydrogens is 600 g/mol. The lowest BCUT2D eigenvalue weighted by Crippen LogP contribution is -2.54. The monoisotopic (exact) mass is 634 g/mol. The number of fused-ring (bicyclic) bond motifs is 2. The lowest BCUT2D eigenvalue weighted by molar-refractivity contribution is 0.102. The van der Waals surface area contributed by atoms with Crippen molar-refractivity contribution in [2.75, 3.05) is 23.3 Å². The van der Waals surface area contributed by atoms with E-state index in [2.05, 4.69) is 27.1 Å². The molecule has 0 bridgehead atoms. The van der Waals surface area contributed by atoms with E-state index in [0.29, 0.717) is 34.4 Å². The molecule has 1 spiro atoms. The summed E-state index contributed by atoms with van der Waals surface area (Å²) >= 11 is 8.17. The number of carbonyl (C=O) groups excluding carboxylic acids is 1. The van der Waals surface area contributed by atoms with Gasteiger partial charge in [0.05, 0.1) is 15.6 Å². The number of nitrogens with one attached hydrogen (secondary N) is 1. The van der Waals surface area contributed by atoms with Gasteiger partial charge in [-0.15, -0.1) is 0 Å². The molecule has 3 aromatic heterocycles. The van der Waals surface area contributed by atoms with E-state index in [-0.39, 0.29) is 11.0 Å². The fourth-order valence-corrected chi connectivity index (χ4v) is 8.46. The van der Waals surface area contributed by atoms with E-state index in [1.165, 1.54) is 29.2 Å². The third-order valence-electron chi connectivity index (χ3n) is 9.86. The maximum atomic E-state index is 13.2. The zero-order valence-electron chi connectivity index (χ0n) is 24.6. The quantitative estimate of drug-likeness (QED) is 0.280. The summed E-state index contributed by atoms with van der Waals surface area (Å²) in [5, 5.41) is 13.4. The first-order valence-corrected chi connectivity index (χ1v) is 16.3. The zero-order valence-corrected chi connectivity index (χ0v) is 26.1. The van der Waals surface area contributed by atoms with E-state index in [1.54, 1.807) is 18.3 Å². The highest BCUT2D eigenvalue weighted by Crippen LogP contribution is 2.52. The Hall–Kier alpha value is -3.61. The number of nitrogens with two attached hydrogens (primary N) is 1. The molecule has 3 aliphatic rings. The van der Waals surface area contributed by atoms with Crippen LogP contribution in [0, 0.1) is 5.41 Å². The fraction of sp³-hybridized carbons (Fsp3) is 0.452. The first kappa shape index (κ1) is 29.1. The van der Waals surface area contributed by atoms with Crippen LogP contribution < -0.4 is 21.5 Å². The molecule has 0 unspecified atom stereocenters. The third kappa shape index (κ3) is 4.83. The van der Waals surface area contributed by atoms with Crippen LogP contribution in [0.4, 0.5) is 11.6 Å². The summed E-state index contributed by atoms with van der Waals surface area (Å²) < 4.78 is 3.47. The second kappa shape index (κ2) is 11.1. The molecule has 1 saturated carbocycles. The van der Waals surface area contributed by atoms with Crippen molar-refractivity contribution in [1.82, 2.24) is 23.9 Å². The third-order valence-corrected chi connectivity index (χ3v) is 11.4. The van der Waals surface area contributed by atoms with Gasteiger partial charge >= 0.3 is 0 Å². The van der Waals surface area contributed by atoms with Gasteiger partial charge in [0.25, 0.3) is 11.5 Å². The van der Waals surface area contributed by atoms with Crippen LogP contribution in [0.15, 0.2) is 51.4 Å². The summed E-state index contributed by atoms with van der Waals surface area (Å²) in [7, 11) is 0. The van der Waals surface area contributed by atoms with Gasteiger partial charge in [0.2, 0.25) is 11.8 Å². The van der Waals surface area contributed by atoms with Crippen LogP contribution in [0.1, 0.15) is 68.1 Å². The van der Waals surface area contributed by atoms with Crippen molar-refractivity contribution in [2.24, 2.45) is 11.1 Å². The van der Waals surface area contributed by atoms with Crippen molar-refractivity contribution >= 4 is 46.6 Å². The van der Waals surface area contributed by atoms with E-state index in [1.807, 2.05) is 22.9 Å². The van der Waals surface area contributed by atoms with Gasteiger partial charge in [-0.25, -0.2) is 9.97 Å². The highest BCUT2D eigenvalue weighted by Gasteiger charge is 2.50. The van der Waals surface area contributed by atoms with E-state index in [9.17, 15) is 14.7 Å². The number of anilines is 2. The number of halogens is 1. The average Bonchev–Trinajstić information content (AvgIpc) is 3.60. The highest BCUT2D eigenvalue weighted by atomic mass is 35.5. The number of nitrogens with zero attached hydrogens (tertiary/aromatic N) is 6. The number of aromatic nitrogens is 5. The topological polar surface area (TPSA) is 144 Å². The van der Waals surface area contributed by atoms with Crippen molar-refractivity contribution in [3.8, 4) is 5.88 Å². The number of imidazole rings is 1. The maximum absolute atomic E-state index is 13.2. The van der Waals surface area contributed by atoms with Crippen LogP contribution in [0.3, 0.4) is 0 Å². The molecule has 1 aromatic carbocycles. The Morgan fingerprint density at radius 3 is 2.68 bits per heavy atom. The Labute approximate surface area is 263 Å². The summed E-state index contributed by atoms with van der Waals surface area (Å²) in [4.78, 5) is 43.6. The predicted octanol–water partition coefficient (Wildman–Crippen LogP) is 4.87. The lowest BCUT2D eigenvalue weighted by Gasteiger charge is -2.47. The van der Waals surface area contributed by atoms with Gasteiger partial charge in [-0.3, -0.25) is 18.6 Å². The van der Waals surface area contributed by atoms with Crippen LogP contribution in [0.25, 0.3) is 5.65 Å². The Morgan fingerprint density at radius 2 is 1.91 bits per heavy atom. The minimum atomic E-state index is -0.762. The SMILES string of the molecule is C[C@@]1(N)CCCC12CCN(c1ncc(Sc3cccc(NC(=O)c4c(O)nc5n(c4=O)CCCC5)c3Cl)c3nccn13)CC2. The Bertz CT molecular complexity index is 1830. The summed E-state index contributed by atoms with van der Waals surface area (Å²) in [6, 6.07) is 5.26. The molecule has 1 amide bonds. The molecule has 4 N–H and O–H groups in total. The van der Waals surface area contributed by atoms with Crippen molar-refractivity contribution in [1.29, 1.82) is 0 Å². The largest absolute Gasteiger partial charge is 0.493 e. The van der Waals surface area contributed by atoms with Crippen LogP contribution >= 0.6 is 23.4 Å². The molecule has 11 nitrogen and oxygen atoms in total. The van der Waals surface area contributed by atoms with Gasteiger partial charge < -0.3 is 21.1 Å². The molecule has 7 rings (SSSR count). The molecular formula is C31H35ClN8O3S. The number of carbonyl (C=O) groups is 1. The van der Waals surface area contributed by atoms with Gasteiger partial charge in [-0.05, 0) is 63.0 Å². The van der Waals surface area contributed by atoms with Gasteiger partial charge in [0, 0.05) is 55.1 Å². The van der Waals surface area contributed by atoms with Gasteiger partial charge in [-0.2, -0.15) is 4.98 Å². The Morgan fingerprint density at radius 1 is 1.09 bits per heavy atom. The van der Waals surface area contributed by atoms with Crippen LogP contribution in [0.2, 0.25) is 5.02 Å². The van der Waals surface area contributed by atoms with E-state index < -0.39 is 22.9 Å². The standard InChI is InChI=1S/C31H35ClN8O3S/c1-30(33)9-5-10-31(30)11-15-38(16-12-31)29-35-18-21(25-34-13-17-40(25)29)44-20-7-4-6-19(24(20)32)36-26(41)23-27(42)37-22-8-2-3-14-39(22)28(23)43/h4,6-7,13,17-18,42H,2-3,5,8-12,14-16,33H2,1H3,(H,36,41)/t30-/m1/s1. The number of aromatic hydroxyl groups is 1. The molecule has 2 aliphatic heterocycles. The molecule has 1 saturated heterocycles. The fourth-order valence-electron chi connectivity index (χ4n) is 7.24. The molecule has 44 heavy (non-hydrogen) atoms. The number of hydrogen-bond acceptors (Lipinski definition) is 9. The van der Waals surface area contributed by atoms with E-state index in [0.717, 1.165) is 61.7 Å². The van der Waals surface area contributed by atoms with Crippen molar-refractivity contribution in [3.05, 3.63) is 63.6 Å². The van der Waals surface area contributed by atoms with Crippen LogP contribution in [-0.2, 0) is 13.0 Å². The number of aryl methyl sites for hydroxylation is 1. The Balaban J connectivity index is 1.11. The van der Waals surface area contributed by atoms with Gasteiger partial charge in [-0.1, -0.05) is 35.9 Å². The molecule has 4 aromatic rings. The molecule has 13 heteroatoms. The predicted molar refractivity (Wildman–Crippen MR) is 170 cm³/mol. The second-order valence-electron chi connectivity index (χ2n) is 12.4. The number of benzene rings is 1. The summed E-state index contributed by atoms with van der Waals surface area (Å²) in [5.74, 6) is 0.0142. The molecule has 5 heterocycles. The highest BCUT2D eigenvalue weighted by molar-refractivity contribution is 7.99. The number of piperidine rings is 1. The first-order chi connectivity index (χ1) is 21.2. The van der Waals surface area contributed by atoms with Crippen molar-refractivity contribution in [2.45, 2.75) is 80.2 Å². The normalized spacial score (nSPS) is 21.1. The minimum absolute atomic E-state index is 0.112. The molecule has 1 atom stereocenters. The number of amides is 1. The van der Waals surface area contributed by atoms with E-state index in [4.69, 9.17) is 22.3 Å². The Kier molecular flexibility index (Phi) is 7.33. The molecule has 2 fully saturated rings. The number of rotatable bonds is 5. The van der Waals surface area contributed by atoms with Crippen LogP contribution in [0.5, 0.6) is 5.88 Å². The lowest BCUT2D eigenvalue weighted by atomic mass is 9.67. The van der Waals surface area contributed by atoms with Crippen molar-refractivity contribution < 1.29 is 9.90 Å². The summed E-state index contributed by atoms with van der Waals surface area (Å²) in [6.07, 6.45) is 13.4. The summed E-state index contributed by atoms with van der Waals surface area (Å²) in [5.41, 5.74) is 6.96. The smallest absolute Gasteiger partial charge is 0.270 e. The number of hydrogen-bond donors (Lipinski definition) is 3. The average molecular weight is 635 g/mol. The summed E-state index contributed by atoms with van der Waals surface area (Å²) in [6.45, 7) is 4.47. The molecule has 230 valence electrons. The first-order valence-electron chi connectivity index (χ1n) is 15.1. The minimum Gasteiger partial charge on any atom is -0.493 e. The molecule has 0 radical (unpaired) electrons. The second-order valence-corrected chi connectivity index (χ2v) is 13.9. The van der Waals surface area contributed by atoms with Gasteiger partial charge in [0.15, 0.2) is 11.2 Å². The van der Waals surface area contributed by atoms with Gasteiger partial charge in [0.1, 0.15) is 5.82 Å². The maximum Gasteiger partial charge on any atom is 0.270 e. The molecule has 1 aliphatic carbocycles.